The smallest absolute Gasteiger partial charge is 0.207 e. The molecule has 1 aromatic carbocycles. The molecule has 0 radical (unpaired) electrons. The van der Waals surface area contributed by atoms with E-state index in [0.717, 1.165) is 6.07 Å². The second-order valence-electron chi connectivity index (χ2n) is 2.42. The third-order valence-electron chi connectivity index (χ3n) is 1.47. The summed E-state index contributed by atoms with van der Waals surface area (Å²) in [6.07, 6.45) is -3.01. The fraction of sp³-hybridized carbons (Fsp3) is 0.143. The van der Waals surface area contributed by atoms with Gasteiger partial charge in [-0.1, -0.05) is 0 Å². The lowest BCUT2D eigenvalue weighted by Crippen LogP contribution is -1.99. The van der Waals surface area contributed by atoms with Crippen molar-refractivity contribution in [3.05, 3.63) is 29.6 Å². The van der Waals surface area contributed by atoms with Gasteiger partial charge in [-0.3, -0.25) is 0 Å². The molecule has 0 amide bonds. The molecule has 0 atom stereocenters. The molecule has 0 aromatic heterocycles. The molecule has 0 heterocycles. The van der Waals surface area contributed by atoms with Crippen LogP contribution in [0.25, 0.3) is 0 Å². The van der Waals surface area contributed by atoms with Crippen LogP contribution in [-0.2, 0) is 9.05 Å². The van der Waals surface area contributed by atoms with Gasteiger partial charge in [-0.25, -0.2) is 21.6 Å². The Kier molecular flexibility index (Phi) is 3.06. The number of rotatable bonds is 2. The lowest BCUT2D eigenvalue weighted by atomic mass is 10.2. The van der Waals surface area contributed by atoms with Gasteiger partial charge in [-0.2, -0.15) is 0 Å². The lowest BCUT2D eigenvalue weighted by molar-refractivity contribution is 0.148. The normalized spacial score (nSPS) is 12.1. The van der Waals surface area contributed by atoms with Crippen LogP contribution in [0.3, 0.4) is 0 Å². The van der Waals surface area contributed by atoms with E-state index in [2.05, 4.69) is 0 Å². The first-order valence-electron chi connectivity index (χ1n) is 3.34. The molecular formula is C7H4ClF3O2S. The molecule has 0 saturated heterocycles. The van der Waals surface area contributed by atoms with Crippen molar-refractivity contribution in [3.63, 3.8) is 0 Å². The van der Waals surface area contributed by atoms with Crippen molar-refractivity contribution >= 4 is 19.7 Å². The minimum atomic E-state index is -4.35. The highest BCUT2D eigenvalue weighted by molar-refractivity contribution is 8.13. The molecule has 0 bridgehead atoms. The molecule has 14 heavy (non-hydrogen) atoms. The highest BCUT2D eigenvalue weighted by Gasteiger charge is 2.22. The van der Waals surface area contributed by atoms with Crippen LogP contribution in [0.1, 0.15) is 12.0 Å². The van der Waals surface area contributed by atoms with Crippen molar-refractivity contribution in [1.82, 2.24) is 0 Å². The molecule has 0 aliphatic carbocycles. The lowest BCUT2D eigenvalue weighted by Gasteiger charge is -2.04. The molecule has 7 heteroatoms. The molecule has 0 aliphatic rings. The van der Waals surface area contributed by atoms with E-state index in [-0.39, 0.29) is 0 Å². The van der Waals surface area contributed by atoms with Gasteiger partial charge in [0, 0.05) is 16.2 Å². The van der Waals surface area contributed by atoms with Gasteiger partial charge < -0.3 is 0 Å². The number of hydrogen-bond acceptors (Lipinski definition) is 2. The molecule has 2 nitrogen and oxygen atoms in total. The zero-order valence-corrected chi connectivity index (χ0v) is 8.12. The zero-order chi connectivity index (χ0) is 10.9. The Morgan fingerprint density at radius 2 is 1.86 bits per heavy atom. The minimum Gasteiger partial charge on any atom is -0.207 e. The second kappa shape index (κ2) is 3.78. The molecule has 0 spiro atoms. The maximum absolute atomic E-state index is 12.6. The molecule has 0 unspecified atom stereocenters. The van der Waals surface area contributed by atoms with Gasteiger partial charge in [0.05, 0.1) is 4.90 Å². The van der Waals surface area contributed by atoms with Gasteiger partial charge in [0.15, 0.2) is 0 Å². The summed E-state index contributed by atoms with van der Waals surface area (Å²) in [4.78, 5) is -0.894. The zero-order valence-electron chi connectivity index (χ0n) is 6.55. The standard InChI is InChI=1S/C7H4ClF3O2S/c8-14(12,13)6-3-4(9)1-2-5(6)7(10)11/h1-3,7H. The number of alkyl halides is 2. The number of hydrogen-bond donors (Lipinski definition) is 0. The summed E-state index contributed by atoms with van der Waals surface area (Å²) in [7, 11) is 0.503. The maximum atomic E-state index is 12.6. The van der Waals surface area contributed by atoms with Crippen LogP contribution in [0, 0.1) is 5.82 Å². The number of halogens is 4. The maximum Gasteiger partial charge on any atom is 0.265 e. The van der Waals surface area contributed by atoms with Crippen LogP contribution >= 0.6 is 10.7 Å². The Labute approximate surface area is 82.7 Å². The van der Waals surface area contributed by atoms with Crippen molar-refractivity contribution in [1.29, 1.82) is 0 Å². The second-order valence-corrected chi connectivity index (χ2v) is 4.96. The van der Waals surface area contributed by atoms with Crippen LogP contribution in [0.5, 0.6) is 0 Å². The molecule has 1 rings (SSSR count). The summed E-state index contributed by atoms with van der Waals surface area (Å²) in [6, 6.07) is 1.89. The third kappa shape index (κ3) is 2.39. The Bertz CT molecular complexity index is 444. The average molecular weight is 245 g/mol. The van der Waals surface area contributed by atoms with Crippen LogP contribution in [0.2, 0.25) is 0 Å². The van der Waals surface area contributed by atoms with Gasteiger partial charge >= 0.3 is 0 Å². The van der Waals surface area contributed by atoms with Crippen molar-refractivity contribution in [2.45, 2.75) is 11.3 Å². The Morgan fingerprint density at radius 1 is 1.29 bits per heavy atom. The fourth-order valence-corrected chi connectivity index (χ4v) is 1.99. The van der Waals surface area contributed by atoms with Gasteiger partial charge in [0.2, 0.25) is 0 Å². The van der Waals surface area contributed by atoms with Crippen molar-refractivity contribution < 1.29 is 21.6 Å². The highest BCUT2D eigenvalue weighted by Crippen LogP contribution is 2.29. The summed E-state index contributed by atoms with van der Waals surface area (Å²) in [5.41, 5.74) is -0.804. The van der Waals surface area contributed by atoms with Crippen LogP contribution in [-0.4, -0.2) is 8.42 Å². The minimum absolute atomic E-state index is 0.462. The third-order valence-corrected chi connectivity index (χ3v) is 2.85. The molecule has 1 aromatic rings. The quantitative estimate of drug-likeness (QED) is 0.750. The van der Waals surface area contributed by atoms with Crippen molar-refractivity contribution in [3.8, 4) is 0 Å². The van der Waals surface area contributed by atoms with E-state index in [4.69, 9.17) is 10.7 Å². The SMILES string of the molecule is O=S(=O)(Cl)c1cc(F)ccc1C(F)F. The van der Waals surface area contributed by atoms with E-state index in [1.54, 1.807) is 0 Å². The Balaban J connectivity index is 3.46. The summed E-state index contributed by atoms with van der Waals surface area (Å²) < 4.78 is 58.6. The first kappa shape index (κ1) is 11.3. The van der Waals surface area contributed by atoms with E-state index in [1.165, 1.54) is 0 Å². The van der Waals surface area contributed by atoms with E-state index >= 15 is 0 Å². The Morgan fingerprint density at radius 3 is 2.29 bits per heavy atom. The molecule has 0 N–H and O–H groups in total. The summed E-state index contributed by atoms with van der Waals surface area (Å²) in [5, 5.41) is 0. The van der Waals surface area contributed by atoms with Gasteiger partial charge in [-0.15, -0.1) is 0 Å². The molecule has 0 saturated carbocycles. The Hall–Kier alpha value is -0.750. The fourth-order valence-electron chi connectivity index (χ4n) is 0.900. The summed E-state index contributed by atoms with van der Waals surface area (Å²) in [6.45, 7) is 0. The summed E-state index contributed by atoms with van der Waals surface area (Å²) in [5.74, 6) is -0.936. The molecule has 0 aliphatic heterocycles. The van der Waals surface area contributed by atoms with E-state index in [9.17, 15) is 21.6 Å². The molecule has 0 fully saturated rings. The largest absolute Gasteiger partial charge is 0.265 e. The van der Waals surface area contributed by atoms with Gasteiger partial charge in [0.1, 0.15) is 5.82 Å². The topological polar surface area (TPSA) is 34.1 Å². The average Bonchev–Trinajstić information content (AvgIpc) is 2.01. The first-order chi connectivity index (χ1) is 6.32. The van der Waals surface area contributed by atoms with Crippen LogP contribution in [0.4, 0.5) is 13.2 Å². The molecular weight excluding hydrogens is 241 g/mol. The highest BCUT2D eigenvalue weighted by atomic mass is 35.7. The summed E-state index contributed by atoms with van der Waals surface area (Å²) >= 11 is 0. The van der Waals surface area contributed by atoms with Crippen molar-refractivity contribution in [2.75, 3.05) is 0 Å². The number of benzene rings is 1. The molecule has 78 valence electrons. The van der Waals surface area contributed by atoms with Crippen molar-refractivity contribution in [2.24, 2.45) is 0 Å². The predicted octanol–water partition coefficient (Wildman–Crippen LogP) is 2.69. The first-order valence-corrected chi connectivity index (χ1v) is 5.65. The van der Waals surface area contributed by atoms with Gasteiger partial charge in [0.25, 0.3) is 15.5 Å². The van der Waals surface area contributed by atoms with E-state index in [1.807, 2.05) is 0 Å². The van der Waals surface area contributed by atoms with E-state index < -0.39 is 31.8 Å². The predicted molar refractivity (Wildman–Crippen MR) is 44.4 cm³/mol. The van der Waals surface area contributed by atoms with Gasteiger partial charge in [-0.05, 0) is 18.2 Å². The monoisotopic (exact) mass is 244 g/mol. The van der Waals surface area contributed by atoms with Crippen LogP contribution < -0.4 is 0 Å². The van der Waals surface area contributed by atoms with E-state index in [0.29, 0.717) is 12.1 Å². The van der Waals surface area contributed by atoms with Crippen LogP contribution in [0.15, 0.2) is 23.1 Å².